The normalized spacial score (nSPS) is 52.3. The number of furan rings is 1. The topological polar surface area (TPSA) is 143 Å². The second-order valence-electron chi connectivity index (χ2n) is 16.5. The van der Waals surface area contributed by atoms with Crippen LogP contribution in [0.2, 0.25) is 18.1 Å². The summed E-state index contributed by atoms with van der Waals surface area (Å²) in [6.07, 6.45) is 1.58. The molecule has 13 atom stereocenters. The van der Waals surface area contributed by atoms with Gasteiger partial charge in [-0.3, -0.25) is 9.59 Å². The fourth-order valence-electron chi connectivity index (χ4n) is 13.1. The average Bonchev–Trinajstić information content (AvgIpc) is 3.73. The minimum absolute atomic E-state index is 0.000969. The molecule has 0 radical (unpaired) electrons. The lowest BCUT2D eigenvalue weighted by molar-refractivity contribution is -0.479. The number of ether oxygens (including phenoxy) is 5. The first kappa shape index (κ1) is 32.4. The van der Waals surface area contributed by atoms with Crippen molar-refractivity contribution in [2.24, 2.45) is 28.1 Å². The third-order valence-corrected chi connectivity index (χ3v) is 19.9. The van der Waals surface area contributed by atoms with E-state index in [9.17, 15) is 19.8 Å². The number of aliphatic hydroxyl groups is 2. The summed E-state index contributed by atoms with van der Waals surface area (Å²) in [5.74, 6) is -3.55. The summed E-state index contributed by atoms with van der Waals surface area (Å²) in [7, 11) is -0.875. The standard InChI is InChI=1S/C35H50O11Si/c1-9-47(10-2,11-3)43-25(20-12-15-41-18-20)28(4)13-14-32-30(6)21(16-23(36)40-8)29(5)19-33(30)34(39,26(29)38)27-35(32,22(28)17-24(37)42-27)46-31(7,44-32)45-33/h12,15,18,21-22,25-27,38-39H,9-11,13-14,16-17,19H2,1-8H3. The molecule has 2 N–H and O–H groups in total. The first-order chi connectivity index (χ1) is 22.0. The van der Waals surface area contributed by atoms with Gasteiger partial charge in [0.2, 0.25) is 0 Å². The van der Waals surface area contributed by atoms with Gasteiger partial charge < -0.3 is 42.7 Å². The third kappa shape index (κ3) is 3.14. The number of hydrogen-bond acceptors (Lipinski definition) is 11. The Morgan fingerprint density at radius 3 is 2.36 bits per heavy atom. The minimum atomic E-state index is -2.23. The van der Waals surface area contributed by atoms with E-state index in [1.165, 1.54) is 7.11 Å². The van der Waals surface area contributed by atoms with Gasteiger partial charge in [0.05, 0.1) is 38.3 Å². The summed E-state index contributed by atoms with van der Waals surface area (Å²) >= 11 is 0. The zero-order valence-electron chi connectivity index (χ0n) is 28.8. The number of aliphatic hydroxyl groups excluding tert-OH is 1. The van der Waals surface area contributed by atoms with Crippen LogP contribution in [-0.4, -0.2) is 78.2 Å². The molecule has 4 saturated carbocycles. The average molecular weight is 675 g/mol. The second kappa shape index (κ2) is 9.29. The van der Waals surface area contributed by atoms with E-state index < -0.39 is 95.0 Å². The van der Waals surface area contributed by atoms with Crippen molar-refractivity contribution in [3.8, 4) is 0 Å². The zero-order valence-corrected chi connectivity index (χ0v) is 29.8. The van der Waals surface area contributed by atoms with Crippen LogP contribution in [0.5, 0.6) is 0 Å². The van der Waals surface area contributed by atoms with Crippen LogP contribution in [0, 0.1) is 28.1 Å². The maximum atomic E-state index is 13.9. The van der Waals surface area contributed by atoms with Crippen LogP contribution in [0.3, 0.4) is 0 Å². The van der Waals surface area contributed by atoms with E-state index in [0.29, 0.717) is 12.8 Å². The predicted octanol–water partition coefficient (Wildman–Crippen LogP) is 4.76. The molecule has 12 heteroatoms. The Hall–Kier alpha value is -1.80. The molecule has 3 aliphatic heterocycles. The lowest BCUT2D eigenvalue weighted by Crippen LogP contribution is -2.94. The van der Waals surface area contributed by atoms with Gasteiger partial charge in [0.25, 0.3) is 5.97 Å². The van der Waals surface area contributed by atoms with Gasteiger partial charge in [0.15, 0.2) is 20.0 Å². The summed E-state index contributed by atoms with van der Waals surface area (Å²) in [6, 6.07) is 4.73. The monoisotopic (exact) mass is 674 g/mol. The van der Waals surface area contributed by atoms with Gasteiger partial charge in [-0.25, -0.2) is 0 Å². The fraction of sp³-hybridized carbons (Fsp3) is 0.829. The predicted molar refractivity (Wildman–Crippen MR) is 167 cm³/mol. The van der Waals surface area contributed by atoms with Crippen LogP contribution in [-0.2, 0) is 37.7 Å². The maximum absolute atomic E-state index is 13.9. The number of fused-ring (bicyclic) bond motifs is 3. The van der Waals surface area contributed by atoms with Gasteiger partial charge in [0, 0.05) is 41.1 Å². The van der Waals surface area contributed by atoms with Gasteiger partial charge >= 0.3 is 11.9 Å². The first-order valence-electron chi connectivity index (χ1n) is 17.5. The van der Waals surface area contributed by atoms with Crippen LogP contribution >= 0.6 is 0 Å². The first-order valence-corrected chi connectivity index (χ1v) is 20.0. The Bertz CT molecular complexity index is 1510. The van der Waals surface area contributed by atoms with Crippen molar-refractivity contribution in [1.82, 2.24) is 0 Å². The van der Waals surface area contributed by atoms with Gasteiger partial charge in [0.1, 0.15) is 16.8 Å². The molecular weight excluding hydrogens is 624 g/mol. The molecule has 7 fully saturated rings. The molecule has 4 bridgehead atoms. The molecule has 7 aliphatic rings. The smallest absolute Gasteiger partial charge is 0.306 e. The number of methoxy groups -OCH3 is 1. The molecule has 3 spiro atoms. The van der Waals surface area contributed by atoms with Crippen molar-refractivity contribution in [3.05, 3.63) is 24.2 Å². The quantitative estimate of drug-likeness (QED) is 0.277. The molecule has 3 saturated heterocycles. The largest absolute Gasteiger partial charge is 0.472 e. The maximum Gasteiger partial charge on any atom is 0.306 e. The summed E-state index contributed by atoms with van der Waals surface area (Å²) in [5.41, 5.74) is -7.88. The Morgan fingerprint density at radius 2 is 1.74 bits per heavy atom. The van der Waals surface area contributed by atoms with Gasteiger partial charge in [-0.15, -0.1) is 0 Å². The van der Waals surface area contributed by atoms with Crippen molar-refractivity contribution >= 4 is 20.3 Å². The van der Waals surface area contributed by atoms with E-state index in [1.807, 2.05) is 19.9 Å². The van der Waals surface area contributed by atoms with E-state index in [-0.39, 0.29) is 19.3 Å². The van der Waals surface area contributed by atoms with Gasteiger partial charge in [-0.1, -0.05) is 41.5 Å². The summed E-state index contributed by atoms with van der Waals surface area (Å²) in [6.45, 7) is 14.4. The highest BCUT2D eigenvalue weighted by molar-refractivity contribution is 6.73. The molecule has 1 aromatic rings. The highest BCUT2D eigenvalue weighted by Crippen LogP contribution is 2.89. The fourth-order valence-corrected chi connectivity index (χ4v) is 16.0. The molecule has 1 aromatic heterocycles. The number of esters is 2. The molecule has 0 aromatic carbocycles. The van der Waals surface area contributed by atoms with Crippen molar-refractivity contribution in [1.29, 1.82) is 0 Å². The molecule has 13 unspecified atom stereocenters. The van der Waals surface area contributed by atoms with E-state index in [1.54, 1.807) is 19.5 Å². The second-order valence-corrected chi connectivity index (χ2v) is 21.2. The van der Waals surface area contributed by atoms with Crippen molar-refractivity contribution < 1.29 is 52.3 Å². The van der Waals surface area contributed by atoms with Gasteiger partial charge in [-0.2, -0.15) is 0 Å². The zero-order chi connectivity index (χ0) is 33.8. The number of carbonyl (C=O) groups excluding carboxylic acids is 2. The molecule has 260 valence electrons. The van der Waals surface area contributed by atoms with Crippen molar-refractivity contribution in [3.63, 3.8) is 0 Å². The van der Waals surface area contributed by atoms with E-state index >= 15 is 0 Å². The molecule has 4 aliphatic carbocycles. The molecule has 47 heavy (non-hydrogen) atoms. The SMILES string of the molecule is CC[Si](CC)(CC)OC(c1ccoc1)C1(C)CCC23OC4(C)OC25C1CC(=O)OC5C1(O)C(O)C2(C)CC1(O4)C3(C)C2CC(=O)OC. The van der Waals surface area contributed by atoms with Crippen LogP contribution < -0.4 is 0 Å². The molecule has 8 rings (SSSR count). The Balaban J connectivity index is 1.39. The Morgan fingerprint density at radius 1 is 1.06 bits per heavy atom. The number of rotatable bonds is 9. The Labute approximate surface area is 277 Å². The van der Waals surface area contributed by atoms with E-state index in [2.05, 4.69) is 27.7 Å². The van der Waals surface area contributed by atoms with Crippen LogP contribution in [0.15, 0.2) is 23.0 Å². The third-order valence-electron chi connectivity index (χ3n) is 15.3. The summed E-state index contributed by atoms with van der Waals surface area (Å²) < 4.78 is 45.8. The highest BCUT2D eigenvalue weighted by Gasteiger charge is 3.03. The lowest BCUT2D eigenvalue weighted by Gasteiger charge is -2.77. The summed E-state index contributed by atoms with van der Waals surface area (Å²) in [5, 5.41) is 25.6. The number of carbonyl (C=O) groups is 2. The highest BCUT2D eigenvalue weighted by atomic mass is 28.4. The molecular formula is C35H50O11Si. The van der Waals surface area contributed by atoms with Crippen molar-refractivity contribution in [2.45, 2.75) is 145 Å². The van der Waals surface area contributed by atoms with Gasteiger partial charge in [-0.05, 0) is 49.4 Å². The Kier molecular flexibility index (Phi) is 6.41. The van der Waals surface area contributed by atoms with Crippen LogP contribution in [0.1, 0.15) is 92.2 Å². The van der Waals surface area contributed by atoms with E-state index in [0.717, 1.165) is 23.7 Å². The lowest BCUT2D eigenvalue weighted by atomic mass is 9.33. The van der Waals surface area contributed by atoms with Crippen LogP contribution in [0.4, 0.5) is 0 Å². The molecule has 4 heterocycles. The van der Waals surface area contributed by atoms with E-state index in [4.69, 9.17) is 32.5 Å². The number of hydrogen-bond donors (Lipinski definition) is 2. The minimum Gasteiger partial charge on any atom is -0.472 e. The summed E-state index contributed by atoms with van der Waals surface area (Å²) in [4.78, 5) is 27.0. The van der Waals surface area contributed by atoms with Crippen molar-refractivity contribution in [2.75, 3.05) is 7.11 Å². The van der Waals surface area contributed by atoms with Crippen LogP contribution in [0.25, 0.3) is 0 Å². The molecule has 0 amide bonds. The molecule has 11 nitrogen and oxygen atoms in total.